The number of aliphatic hydroxyl groups is 1. The number of alkyl halides is 1. The van der Waals surface area contributed by atoms with Crippen molar-refractivity contribution in [1.29, 1.82) is 0 Å². The number of anilines is 1. The normalized spacial score (nSPS) is 13.5. The van der Waals surface area contributed by atoms with Crippen molar-refractivity contribution in [2.75, 3.05) is 5.73 Å². The number of aromatic nitrogens is 4. The van der Waals surface area contributed by atoms with Crippen molar-refractivity contribution in [3.63, 3.8) is 0 Å². The second kappa shape index (κ2) is 7.22. The highest BCUT2D eigenvalue weighted by atomic mass is 35.5. The summed E-state index contributed by atoms with van der Waals surface area (Å²) in [6.45, 7) is 1.42. The average molecular weight is 380 g/mol. The van der Waals surface area contributed by atoms with Crippen LogP contribution in [0.2, 0.25) is 5.02 Å². The minimum absolute atomic E-state index is 0.0234. The SMILES string of the molecule is Cc1c(N)cnn(Cc2nc([C@H](F)[C@H](O)c3ccc(Cl)cc3)no2)c1=O. The second-order valence-electron chi connectivity index (χ2n) is 5.63. The Labute approximate surface area is 152 Å². The predicted molar refractivity (Wildman–Crippen MR) is 91.3 cm³/mol. The maximum absolute atomic E-state index is 14.5. The standard InChI is InChI=1S/C16H15ClFN5O3/c1-8-11(19)6-20-23(16(8)25)7-12-21-15(22-26-12)13(18)14(24)9-2-4-10(17)5-3-9/h2-6,13-14,24H,7,19H2,1H3/t13-,14-/m1/s1. The second-order valence-corrected chi connectivity index (χ2v) is 6.07. The van der Waals surface area contributed by atoms with Gasteiger partial charge >= 0.3 is 0 Å². The van der Waals surface area contributed by atoms with Gasteiger partial charge in [-0.15, -0.1) is 0 Å². The number of halogens is 2. The summed E-state index contributed by atoms with van der Waals surface area (Å²) in [5.74, 6) is -0.354. The van der Waals surface area contributed by atoms with E-state index in [2.05, 4.69) is 15.2 Å². The van der Waals surface area contributed by atoms with Crippen LogP contribution in [0.3, 0.4) is 0 Å². The van der Waals surface area contributed by atoms with Crippen LogP contribution in [0, 0.1) is 6.92 Å². The molecule has 1 aromatic carbocycles. The van der Waals surface area contributed by atoms with Gasteiger partial charge in [-0.05, 0) is 24.6 Å². The number of nitrogens with two attached hydrogens (primary N) is 1. The Balaban J connectivity index is 1.78. The zero-order valence-electron chi connectivity index (χ0n) is 13.6. The van der Waals surface area contributed by atoms with Crippen LogP contribution in [0.15, 0.2) is 39.8 Å². The van der Waals surface area contributed by atoms with Crippen LogP contribution in [0.5, 0.6) is 0 Å². The van der Waals surface area contributed by atoms with Gasteiger partial charge in [-0.1, -0.05) is 28.9 Å². The average Bonchev–Trinajstić information content (AvgIpc) is 3.10. The van der Waals surface area contributed by atoms with Crippen molar-refractivity contribution >= 4 is 17.3 Å². The summed E-state index contributed by atoms with van der Waals surface area (Å²) >= 11 is 5.77. The van der Waals surface area contributed by atoms with Gasteiger partial charge in [0.05, 0.1) is 11.9 Å². The molecule has 2 heterocycles. The Kier molecular flexibility index (Phi) is 5.01. The van der Waals surface area contributed by atoms with Crippen LogP contribution in [-0.4, -0.2) is 25.0 Å². The molecule has 0 amide bonds. The van der Waals surface area contributed by atoms with E-state index in [1.165, 1.54) is 30.5 Å². The van der Waals surface area contributed by atoms with Gasteiger partial charge in [-0.2, -0.15) is 10.1 Å². The van der Waals surface area contributed by atoms with E-state index in [1.807, 2.05) is 0 Å². The number of benzene rings is 1. The molecule has 0 aliphatic carbocycles. The lowest BCUT2D eigenvalue weighted by Gasteiger charge is -2.12. The third kappa shape index (κ3) is 3.58. The van der Waals surface area contributed by atoms with Crippen LogP contribution in [0.25, 0.3) is 0 Å². The number of rotatable bonds is 5. The summed E-state index contributed by atoms with van der Waals surface area (Å²) < 4.78 is 20.5. The largest absolute Gasteiger partial charge is 0.397 e. The highest BCUT2D eigenvalue weighted by molar-refractivity contribution is 6.30. The molecule has 0 unspecified atom stereocenters. The van der Waals surface area contributed by atoms with Crippen molar-refractivity contribution in [2.24, 2.45) is 0 Å². The van der Waals surface area contributed by atoms with Crippen molar-refractivity contribution in [3.05, 3.63) is 68.7 Å². The highest BCUT2D eigenvalue weighted by Crippen LogP contribution is 2.31. The smallest absolute Gasteiger partial charge is 0.272 e. The molecule has 0 saturated heterocycles. The number of nitrogens with zero attached hydrogens (tertiary/aromatic N) is 4. The Morgan fingerprint density at radius 3 is 2.77 bits per heavy atom. The first-order chi connectivity index (χ1) is 12.4. The van der Waals surface area contributed by atoms with Crippen molar-refractivity contribution in [1.82, 2.24) is 19.9 Å². The maximum atomic E-state index is 14.5. The van der Waals surface area contributed by atoms with Gasteiger partial charge in [0.1, 0.15) is 12.6 Å². The molecule has 0 radical (unpaired) electrons. The molecule has 8 nitrogen and oxygen atoms in total. The van der Waals surface area contributed by atoms with Crippen LogP contribution < -0.4 is 11.3 Å². The highest BCUT2D eigenvalue weighted by Gasteiger charge is 2.27. The molecule has 2 atom stereocenters. The molecule has 3 rings (SSSR count). The van der Waals surface area contributed by atoms with Gasteiger partial charge in [0.15, 0.2) is 6.17 Å². The first kappa shape index (κ1) is 18.0. The van der Waals surface area contributed by atoms with E-state index >= 15 is 0 Å². The summed E-state index contributed by atoms with van der Waals surface area (Å²) in [5.41, 5.74) is 6.12. The molecule has 0 saturated carbocycles. The van der Waals surface area contributed by atoms with Gasteiger partial charge in [0, 0.05) is 10.6 Å². The predicted octanol–water partition coefficient (Wildman–Crippen LogP) is 1.96. The van der Waals surface area contributed by atoms with Crippen LogP contribution in [0.4, 0.5) is 10.1 Å². The molecule has 10 heteroatoms. The lowest BCUT2D eigenvalue weighted by atomic mass is 10.1. The minimum Gasteiger partial charge on any atom is -0.397 e. The van der Waals surface area contributed by atoms with E-state index in [9.17, 15) is 14.3 Å². The third-order valence-electron chi connectivity index (χ3n) is 3.83. The Hall–Kier alpha value is -2.78. The van der Waals surface area contributed by atoms with Crippen molar-refractivity contribution < 1.29 is 14.0 Å². The van der Waals surface area contributed by atoms with Crippen LogP contribution in [-0.2, 0) is 6.54 Å². The maximum Gasteiger partial charge on any atom is 0.272 e. The summed E-state index contributed by atoms with van der Waals surface area (Å²) in [7, 11) is 0. The van der Waals surface area contributed by atoms with Gasteiger partial charge in [-0.3, -0.25) is 4.79 Å². The third-order valence-corrected chi connectivity index (χ3v) is 4.08. The molecule has 26 heavy (non-hydrogen) atoms. The van der Waals surface area contributed by atoms with E-state index in [4.69, 9.17) is 21.9 Å². The molecule has 3 aromatic rings. The molecule has 0 aliphatic heterocycles. The van der Waals surface area contributed by atoms with Crippen molar-refractivity contribution in [3.8, 4) is 0 Å². The number of aliphatic hydroxyl groups excluding tert-OH is 1. The summed E-state index contributed by atoms with van der Waals surface area (Å²) in [6, 6.07) is 6.08. The molecule has 0 aliphatic rings. The lowest BCUT2D eigenvalue weighted by molar-refractivity contribution is 0.0708. The van der Waals surface area contributed by atoms with Gasteiger partial charge in [0.2, 0.25) is 11.7 Å². The van der Waals surface area contributed by atoms with Gasteiger partial charge in [0.25, 0.3) is 5.56 Å². The molecule has 0 spiro atoms. The minimum atomic E-state index is -1.91. The monoisotopic (exact) mass is 379 g/mol. The first-order valence-electron chi connectivity index (χ1n) is 7.59. The van der Waals surface area contributed by atoms with Gasteiger partial charge < -0.3 is 15.4 Å². The van der Waals surface area contributed by atoms with E-state index in [0.29, 0.717) is 16.1 Å². The Bertz CT molecular complexity index is 973. The lowest BCUT2D eigenvalue weighted by Crippen LogP contribution is -2.26. The summed E-state index contributed by atoms with van der Waals surface area (Å²) in [6.07, 6.45) is -2.07. The fourth-order valence-corrected chi connectivity index (χ4v) is 2.38. The van der Waals surface area contributed by atoms with E-state index in [-0.39, 0.29) is 23.9 Å². The van der Waals surface area contributed by atoms with E-state index in [1.54, 1.807) is 6.92 Å². The molecule has 0 bridgehead atoms. The molecular formula is C16H15ClFN5O3. The quantitative estimate of drug-likeness (QED) is 0.695. The summed E-state index contributed by atoms with van der Waals surface area (Å²) in [5, 5.41) is 18.0. The topological polar surface area (TPSA) is 120 Å². The summed E-state index contributed by atoms with van der Waals surface area (Å²) in [4.78, 5) is 16.0. The van der Waals surface area contributed by atoms with E-state index < -0.39 is 17.8 Å². The molecular weight excluding hydrogens is 365 g/mol. The fourth-order valence-electron chi connectivity index (χ4n) is 2.25. The van der Waals surface area contributed by atoms with Gasteiger partial charge in [-0.25, -0.2) is 9.07 Å². The number of hydrogen-bond donors (Lipinski definition) is 2. The molecule has 2 aromatic heterocycles. The number of hydrogen-bond acceptors (Lipinski definition) is 7. The molecule has 0 fully saturated rings. The fraction of sp³-hybridized carbons (Fsp3) is 0.250. The number of nitrogen functional groups attached to an aromatic ring is 1. The Morgan fingerprint density at radius 1 is 1.38 bits per heavy atom. The zero-order valence-corrected chi connectivity index (χ0v) is 14.4. The first-order valence-corrected chi connectivity index (χ1v) is 7.97. The molecule has 3 N–H and O–H groups in total. The van der Waals surface area contributed by atoms with Crippen LogP contribution in [0.1, 0.15) is 35.1 Å². The Morgan fingerprint density at radius 2 is 2.08 bits per heavy atom. The van der Waals surface area contributed by atoms with Crippen LogP contribution >= 0.6 is 11.6 Å². The molecule has 136 valence electrons. The van der Waals surface area contributed by atoms with Crippen molar-refractivity contribution in [2.45, 2.75) is 25.7 Å². The zero-order chi connectivity index (χ0) is 18.8. The van der Waals surface area contributed by atoms with E-state index in [0.717, 1.165) is 4.68 Å².